The van der Waals surface area contributed by atoms with Gasteiger partial charge in [0, 0.05) is 62.5 Å². The lowest BCUT2D eigenvalue weighted by atomic mass is 9.90. The predicted octanol–water partition coefficient (Wildman–Crippen LogP) is 4.49. The van der Waals surface area contributed by atoms with E-state index in [-0.39, 0.29) is 47.2 Å². The van der Waals surface area contributed by atoms with Gasteiger partial charge in [-0.1, -0.05) is 13.8 Å². The number of anilines is 3. The molecule has 4 aromatic rings. The largest absolute Gasteiger partial charge is 0.461 e. The smallest absolute Gasteiger partial charge is 0.302 e. The van der Waals surface area contributed by atoms with E-state index in [2.05, 4.69) is 33.7 Å². The molecule has 13 nitrogen and oxygen atoms in total. The van der Waals surface area contributed by atoms with E-state index in [1.807, 2.05) is 24.8 Å². The fourth-order valence-electron chi connectivity index (χ4n) is 7.65. The molecule has 2 amide bonds. The highest BCUT2D eigenvalue weighted by molar-refractivity contribution is 6.06. The molecule has 2 atom stereocenters. The number of pyridine rings is 3. The minimum absolute atomic E-state index is 0.0582. The number of amides is 2. The molecule has 0 radical (unpaired) electrons. The third-order valence-corrected chi connectivity index (χ3v) is 10.0. The maximum Gasteiger partial charge on any atom is 0.302 e. The number of nitrogens with one attached hydrogen (secondary N) is 1. The number of ether oxygens (including phenoxy) is 2. The van der Waals surface area contributed by atoms with Crippen LogP contribution in [-0.4, -0.2) is 73.6 Å². The van der Waals surface area contributed by atoms with Crippen LogP contribution >= 0.6 is 0 Å². The summed E-state index contributed by atoms with van der Waals surface area (Å²) in [6.07, 6.45) is 6.67. The quantitative estimate of drug-likeness (QED) is 0.278. The Morgan fingerprint density at radius 3 is 2.51 bits per heavy atom. The summed E-state index contributed by atoms with van der Waals surface area (Å²) < 4.78 is 14.7. The third kappa shape index (κ3) is 6.42. The summed E-state index contributed by atoms with van der Waals surface area (Å²) in [6.45, 7) is 11.6. The Bertz CT molecular complexity index is 2090. The Labute approximate surface area is 296 Å². The first-order valence-electron chi connectivity index (χ1n) is 17.3. The second-order valence-corrected chi connectivity index (χ2v) is 14.6. The van der Waals surface area contributed by atoms with Gasteiger partial charge in [0.05, 0.1) is 30.9 Å². The highest BCUT2D eigenvalue weighted by atomic mass is 16.5. The molecule has 13 heteroatoms. The average Bonchev–Trinajstić information content (AvgIpc) is 3.58. The first-order chi connectivity index (χ1) is 24.3. The van der Waals surface area contributed by atoms with E-state index < -0.39 is 5.97 Å². The Hall–Kier alpha value is -5.30. The zero-order valence-corrected chi connectivity index (χ0v) is 29.9. The number of nitrogens with zero attached hydrogens (tertiary/aromatic N) is 6. The summed E-state index contributed by atoms with van der Waals surface area (Å²) >= 11 is 0. The molecular weight excluding hydrogens is 650 g/mol. The second kappa shape index (κ2) is 13.1. The molecule has 2 unspecified atom stereocenters. The van der Waals surface area contributed by atoms with Gasteiger partial charge < -0.3 is 28.8 Å². The van der Waals surface area contributed by atoms with Gasteiger partial charge in [-0.05, 0) is 73.6 Å². The van der Waals surface area contributed by atoms with Crippen LogP contribution in [0.1, 0.15) is 72.3 Å². The number of hydrogen-bond donors (Lipinski definition) is 1. The first-order valence-corrected chi connectivity index (χ1v) is 17.3. The summed E-state index contributed by atoms with van der Waals surface area (Å²) in [5.74, 6) is 0.0347. The molecule has 1 saturated heterocycles. The van der Waals surface area contributed by atoms with Crippen LogP contribution in [0.15, 0.2) is 53.7 Å². The summed E-state index contributed by atoms with van der Waals surface area (Å²) in [6, 6.07) is 8.74. The normalized spacial score (nSPS) is 19.5. The lowest BCUT2D eigenvalue weighted by molar-refractivity contribution is -0.142. The standard InChI is InChI=1S/C38H43N7O6/c1-22-19-50-20-23(2)45(22)35(47)25-7-8-33(40-17-25)41-30-13-27(18-42(6)36(30)48)28-9-10-39-34(29(28)21-51-24(3)46)44-12-11-43-31(37(44)49)14-26-15-38(4,5)16-32(26)43/h7-10,13-14,17-18,22-23H,11-12,15-16,19-21H2,1-6H3,(H,40,41). The molecule has 0 saturated carbocycles. The van der Waals surface area contributed by atoms with Gasteiger partial charge in [0.15, 0.2) is 0 Å². The maximum absolute atomic E-state index is 14.0. The molecule has 0 bridgehead atoms. The Morgan fingerprint density at radius 2 is 1.80 bits per heavy atom. The summed E-state index contributed by atoms with van der Waals surface area (Å²) in [5.41, 5.74) is 5.48. The molecule has 7 rings (SSSR count). The number of aromatic nitrogens is 4. The van der Waals surface area contributed by atoms with E-state index in [9.17, 15) is 19.2 Å². The Kier molecular flexibility index (Phi) is 8.78. The fourth-order valence-corrected chi connectivity index (χ4v) is 7.65. The number of esters is 1. The maximum atomic E-state index is 14.0. The van der Waals surface area contributed by atoms with Crippen molar-refractivity contribution in [2.45, 2.75) is 72.7 Å². The topological polar surface area (TPSA) is 141 Å². The van der Waals surface area contributed by atoms with E-state index in [0.717, 1.165) is 12.8 Å². The SMILES string of the molecule is CC(=O)OCc1c(-c2cc(Nc3ccc(C(=O)N4C(C)COCC4C)cn3)c(=O)n(C)c2)ccnc1N1CCn2c(cc3c2CC(C)(C)C3)C1=O. The summed E-state index contributed by atoms with van der Waals surface area (Å²) in [7, 11) is 1.65. The monoisotopic (exact) mass is 693 g/mol. The third-order valence-electron chi connectivity index (χ3n) is 10.0. The van der Waals surface area contributed by atoms with Crippen molar-refractivity contribution in [3.63, 3.8) is 0 Å². The van der Waals surface area contributed by atoms with Crippen molar-refractivity contribution in [1.29, 1.82) is 0 Å². The molecule has 0 spiro atoms. The molecule has 4 aromatic heterocycles. The van der Waals surface area contributed by atoms with Crippen molar-refractivity contribution in [3.8, 4) is 11.1 Å². The molecular formula is C38H43N7O6. The molecule has 0 aromatic carbocycles. The van der Waals surface area contributed by atoms with Gasteiger partial charge in [0.1, 0.15) is 29.6 Å². The van der Waals surface area contributed by atoms with Gasteiger partial charge in [-0.3, -0.25) is 24.1 Å². The molecule has 1 aliphatic carbocycles. The van der Waals surface area contributed by atoms with E-state index in [4.69, 9.17) is 9.47 Å². The number of hydrogen-bond acceptors (Lipinski definition) is 9. The highest BCUT2D eigenvalue weighted by Crippen LogP contribution is 2.40. The minimum atomic E-state index is -0.470. The van der Waals surface area contributed by atoms with Gasteiger partial charge in [-0.25, -0.2) is 9.97 Å². The number of rotatable bonds is 7. The van der Waals surface area contributed by atoms with Gasteiger partial charge in [0.2, 0.25) is 0 Å². The van der Waals surface area contributed by atoms with Gasteiger partial charge in [-0.2, -0.15) is 0 Å². The van der Waals surface area contributed by atoms with E-state index in [0.29, 0.717) is 65.9 Å². The fraction of sp³-hybridized carbons (Fsp3) is 0.421. The molecule has 3 aliphatic rings. The first kappa shape index (κ1) is 34.2. The van der Waals surface area contributed by atoms with Crippen LogP contribution in [-0.2, 0) is 47.3 Å². The Balaban J connectivity index is 1.20. The molecule has 1 fully saturated rings. The van der Waals surface area contributed by atoms with Crippen LogP contribution < -0.4 is 15.8 Å². The second-order valence-electron chi connectivity index (χ2n) is 14.6. The Morgan fingerprint density at radius 1 is 1.04 bits per heavy atom. The molecule has 266 valence electrons. The van der Waals surface area contributed by atoms with Gasteiger partial charge in [-0.15, -0.1) is 0 Å². The highest BCUT2D eigenvalue weighted by Gasteiger charge is 2.38. The van der Waals surface area contributed by atoms with E-state index >= 15 is 0 Å². The number of carbonyl (C=O) groups excluding carboxylic acids is 3. The van der Waals surface area contributed by atoms with Crippen molar-refractivity contribution in [2.75, 3.05) is 30.0 Å². The van der Waals surface area contributed by atoms with Crippen LogP contribution in [0.5, 0.6) is 0 Å². The van der Waals surface area contributed by atoms with E-state index in [1.165, 1.54) is 28.9 Å². The van der Waals surface area contributed by atoms with Crippen molar-refractivity contribution >= 4 is 35.1 Å². The lowest BCUT2D eigenvalue weighted by Crippen LogP contribution is -2.52. The predicted molar refractivity (Wildman–Crippen MR) is 191 cm³/mol. The van der Waals surface area contributed by atoms with E-state index in [1.54, 1.807) is 48.6 Å². The van der Waals surface area contributed by atoms with Crippen LogP contribution in [0.25, 0.3) is 11.1 Å². The van der Waals surface area contributed by atoms with Crippen LogP contribution in [0.3, 0.4) is 0 Å². The summed E-state index contributed by atoms with van der Waals surface area (Å²) in [4.78, 5) is 65.3. The average molecular weight is 694 g/mol. The van der Waals surface area contributed by atoms with Crippen molar-refractivity contribution in [3.05, 3.63) is 87.4 Å². The van der Waals surface area contributed by atoms with Gasteiger partial charge >= 0.3 is 5.97 Å². The van der Waals surface area contributed by atoms with Crippen LogP contribution in [0.4, 0.5) is 17.3 Å². The van der Waals surface area contributed by atoms with Crippen molar-refractivity contribution < 1.29 is 23.9 Å². The molecule has 1 N–H and O–H groups in total. The van der Waals surface area contributed by atoms with Crippen LogP contribution in [0, 0.1) is 5.41 Å². The zero-order valence-electron chi connectivity index (χ0n) is 29.9. The molecule has 6 heterocycles. The minimum Gasteiger partial charge on any atom is -0.461 e. The van der Waals surface area contributed by atoms with Crippen molar-refractivity contribution in [2.24, 2.45) is 12.5 Å². The number of carbonyl (C=O) groups is 3. The molecule has 51 heavy (non-hydrogen) atoms. The van der Waals surface area contributed by atoms with Crippen LogP contribution in [0.2, 0.25) is 0 Å². The van der Waals surface area contributed by atoms with Gasteiger partial charge in [0.25, 0.3) is 17.4 Å². The summed E-state index contributed by atoms with van der Waals surface area (Å²) in [5, 5.41) is 3.12. The number of morpholine rings is 1. The lowest BCUT2D eigenvalue weighted by Gasteiger charge is -2.38. The van der Waals surface area contributed by atoms with Crippen molar-refractivity contribution in [1.82, 2.24) is 24.0 Å². The zero-order chi connectivity index (χ0) is 36.2. The molecule has 2 aliphatic heterocycles. The number of fused-ring (bicyclic) bond motifs is 3. The number of aryl methyl sites for hydroxylation is 1.